The number of amides is 1. The Morgan fingerprint density at radius 3 is 2.24 bits per heavy atom. The van der Waals surface area contributed by atoms with Gasteiger partial charge in [0.05, 0.1) is 5.76 Å². The van der Waals surface area contributed by atoms with Crippen LogP contribution in [0.4, 0.5) is 0 Å². The predicted molar refractivity (Wildman–Crippen MR) is 97.7 cm³/mol. The van der Waals surface area contributed by atoms with E-state index in [1.807, 2.05) is 29.2 Å². The third-order valence-electron chi connectivity index (χ3n) is 5.32. The first-order valence-corrected chi connectivity index (χ1v) is 9.23. The zero-order valence-electron chi connectivity index (χ0n) is 15.3. The van der Waals surface area contributed by atoms with Gasteiger partial charge in [0.1, 0.15) is 0 Å². The van der Waals surface area contributed by atoms with E-state index in [2.05, 4.69) is 13.8 Å². The molecule has 25 heavy (non-hydrogen) atoms. The van der Waals surface area contributed by atoms with E-state index >= 15 is 0 Å². The molecule has 134 valence electrons. The van der Waals surface area contributed by atoms with Crippen molar-refractivity contribution in [3.63, 3.8) is 0 Å². The molecule has 2 aliphatic rings. The van der Waals surface area contributed by atoms with Crippen molar-refractivity contribution in [1.82, 2.24) is 4.90 Å². The predicted octanol–water partition coefficient (Wildman–Crippen LogP) is 4.37. The third-order valence-corrected chi connectivity index (χ3v) is 5.32. The molecule has 1 aromatic carbocycles. The zero-order chi connectivity index (χ0) is 18.1. The van der Waals surface area contributed by atoms with Gasteiger partial charge in [-0.05, 0) is 56.2 Å². The Kier molecular flexibility index (Phi) is 4.98. The summed E-state index contributed by atoms with van der Waals surface area (Å²) in [5.41, 5.74) is 2.42. The second-order valence-electron chi connectivity index (χ2n) is 7.60. The van der Waals surface area contributed by atoms with Crippen molar-refractivity contribution in [3.8, 4) is 0 Å². The van der Waals surface area contributed by atoms with Crippen LogP contribution in [0.15, 0.2) is 35.6 Å². The van der Waals surface area contributed by atoms with Gasteiger partial charge < -0.3 is 10.0 Å². The third kappa shape index (κ3) is 3.78. The first-order chi connectivity index (χ1) is 11.9. The lowest BCUT2D eigenvalue weighted by molar-refractivity contribution is -0.114. The van der Waals surface area contributed by atoms with Gasteiger partial charge in [0, 0.05) is 29.6 Å². The van der Waals surface area contributed by atoms with E-state index in [4.69, 9.17) is 0 Å². The maximum Gasteiger partial charge on any atom is 0.254 e. The van der Waals surface area contributed by atoms with Gasteiger partial charge >= 0.3 is 0 Å². The van der Waals surface area contributed by atoms with Crippen LogP contribution in [0.2, 0.25) is 0 Å². The van der Waals surface area contributed by atoms with E-state index in [9.17, 15) is 14.7 Å². The van der Waals surface area contributed by atoms with Crippen LogP contribution in [-0.2, 0) is 4.79 Å². The van der Waals surface area contributed by atoms with Crippen LogP contribution in [0, 0.1) is 0 Å². The standard InChI is InChI=1S/C21H27NO3/c1-13(2)15-4-6-16(7-5-15)21(25)22(17-8-9-17)18-10-11-20(24)19(12-18)14(3)23/h4-7,13,17-18,24H,8-12H2,1-3H3. The monoisotopic (exact) mass is 341 g/mol. The lowest BCUT2D eigenvalue weighted by Gasteiger charge is -2.35. The normalized spacial score (nSPS) is 20.7. The molecule has 1 amide bonds. The highest BCUT2D eigenvalue weighted by Crippen LogP contribution is 2.36. The molecular weight excluding hydrogens is 314 g/mol. The quantitative estimate of drug-likeness (QED) is 0.865. The van der Waals surface area contributed by atoms with Crippen LogP contribution in [-0.4, -0.2) is 33.8 Å². The lowest BCUT2D eigenvalue weighted by atomic mass is 9.89. The fraction of sp³-hybridized carbons (Fsp3) is 0.524. The molecule has 1 fully saturated rings. The topological polar surface area (TPSA) is 57.6 Å². The minimum absolute atomic E-state index is 0.000393. The van der Waals surface area contributed by atoms with E-state index in [0.29, 0.717) is 29.9 Å². The van der Waals surface area contributed by atoms with Crippen molar-refractivity contribution < 1.29 is 14.7 Å². The Morgan fingerprint density at radius 1 is 1.08 bits per heavy atom. The molecule has 4 nitrogen and oxygen atoms in total. The number of benzene rings is 1. The number of allylic oxidation sites excluding steroid dienone is 1. The molecule has 2 aliphatic carbocycles. The van der Waals surface area contributed by atoms with Crippen molar-refractivity contribution in [2.24, 2.45) is 0 Å². The number of aliphatic hydroxyl groups is 1. The first kappa shape index (κ1) is 17.7. The van der Waals surface area contributed by atoms with Gasteiger partial charge in [-0.15, -0.1) is 0 Å². The molecule has 1 unspecified atom stereocenters. The minimum Gasteiger partial charge on any atom is -0.512 e. The number of carbonyl (C=O) groups excluding carboxylic acids is 2. The summed E-state index contributed by atoms with van der Waals surface area (Å²) in [6, 6.07) is 8.15. The van der Waals surface area contributed by atoms with Crippen LogP contribution >= 0.6 is 0 Å². The molecule has 1 N–H and O–H groups in total. The molecule has 0 heterocycles. The van der Waals surface area contributed by atoms with Gasteiger partial charge in [0.15, 0.2) is 5.78 Å². The van der Waals surface area contributed by atoms with E-state index in [0.717, 1.165) is 19.3 Å². The number of nitrogens with zero attached hydrogens (tertiary/aromatic N) is 1. The Labute approximate surface area is 149 Å². The molecule has 3 rings (SSSR count). The first-order valence-electron chi connectivity index (χ1n) is 9.23. The van der Waals surface area contributed by atoms with Gasteiger partial charge in [-0.3, -0.25) is 9.59 Å². The van der Waals surface area contributed by atoms with E-state index < -0.39 is 0 Å². The summed E-state index contributed by atoms with van der Waals surface area (Å²) in [5.74, 6) is 0.597. The summed E-state index contributed by atoms with van der Waals surface area (Å²) < 4.78 is 0. The number of rotatable bonds is 5. The minimum atomic E-state index is -0.0910. The van der Waals surface area contributed by atoms with Crippen molar-refractivity contribution >= 4 is 11.7 Å². The summed E-state index contributed by atoms with van der Waals surface area (Å²) in [6.45, 7) is 5.76. The van der Waals surface area contributed by atoms with Gasteiger partial charge in [-0.25, -0.2) is 0 Å². The molecule has 0 aromatic heterocycles. The average Bonchev–Trinajstić information content (AvgIpc) is 3.41. The molecule has 0 bridgehead atoms. The van der Waals surface area contributed by atoms with Gasteiger partial charge in [0.2, 0.25) is 0 Å². The highest BCUT2D eigenvalue weighted by molar-refractivity contribution is 5.96. The van der Waals surface area contributed by atoms with Crippen LogP contribution in [0.5, 0.6) is 0 Å². The number of aliphatic hydroxyl groups excluding tert-OH is 1. The summed E-state index contributed by atoms with van der Waals surface area (Å²) in [5, 5.41) is 9.99. The van der Waals surface area contributed by atoms with Crippen LogP contribution in [0.1, 0.15) is 74.7 Å². The van der Waals surface area contributed by atoms with Crippen molar-refractivity contribution in [2.45, 2.75) is 70.9 Å². The van der Waals surface area contributed by atoms with Crippen molar-refractivity contribution in [2.75, 3.05) is 0 Å². The second kappa shape index (κ2) is 7.03. The molecule has 4 heteroatoms. The smallest absolute Gasteiger partial charge is 0.254 e. The maximum absolute atomic E-state index is 13.1. The van der Waals surface area contributed by atoms with Gasteiger partial charge in [-0.2, -0.15) is 0 Å². The van der Waals surface area contributed by atoms with Crippen LogP contribution < -0.4 is 0 Å². The second-order valence-corrected chi connectivity index (χ2v) is 7.60. The summed E-state index contributed by atoms with van der Waals surface area (Å²) in [7, 11) is 0. The largest absolute Gasteiger partial charge is 0.512 e. The molecule has 0 aliphatic heterocycles. The Hall–Kier alpha value is -2.10. The molecule has 1 atom stereocenters. The van der Waals surface area contributed by atoms with Crippen LogP contribution in [0.25, 0.3) is 0 Å². The average molecular weight is 341 g/mol. The molecular formula is C21H27NO3. The van der Waals surface area contributed by atoms with E-state index in [1.165, 1.54) is 12.5 Å². The highest BCUT2D eigenvalue weighted by Gasteiger charge is 2.39. The Morgan fingerprint density at radius 2 is 1.72 bits per heavy atom. The molecule has 0 radical (unpaired) electrons. The number of ketones is 1. The highest BCUT2D eigenvalue weighted by atomic mass is 16.3. The molecule has 0 saturated heterocycles. The number of hydrogen-bond acceptors (Lipinski definition) is 3. The molecule has 0 spiro atoms. The SMILES string of the molecule is CC(=O)C1=C(O)CCC(N(C(=O)c2ccc(C(C)C)cc2)C2CC2)C1. The number of Topliss-reactive ketones (excluding diaryl/α,β-unsaturated/α-hetero) is 1. The molecule has 1 aromatic rings. The number of carbonyl (C=O) groups is 2. The lowest BCUT2D eigenvalue weighted by Crippen LogP contribution is -2.44. The van der Waals surface area contributed by atoms with Crippen molar-refractivity contribution in [1.29, 1.82) is 0 Å². The van der Waals surface area contributed by atoms with E-state index in [1.54, 1.807) is 0 Å². The van der Waals surface area contributed by atoms with Gasteiger partial charge in [-0.1, -0.05) is 26.0 Å². The fourth-order valence-corrected chi connectivity index (χ4v) is 3.64. The maximum atomic E-state index is 13.1. The Balaban J connectivity index is 1.82. The molecule has 1 saturated carbocycles. The summed E-state index contributed by atoms with van der Waals surface area (Å²) >= 11 is 0. The zero-order valence-corrected chi connectivity index (χ0v) is 15.3. The van der Waals surface area contributed by atoms with E-state index in [-0.39, 0.29) is 29.5 Å². The van der Waals surface area contributed by atoms with Gasteiger partial charge in [0.25, 0.3) is 5.91 Å². The summed E-state index contributed by atoms with van der Waals surface area (Å²) in [6.07, 6.45) is 3.71. The number of hydrogen-bond donors (Lipinski definition) is 1. The summed E-state index contributed by atoms with van der Waals surface area (Å²) in [4.78, 5) is 26.9. The Bertz CT molecular complexity index is 698. The van der Waals surface area contributed by atoms with Crippen LogP contribution in [0.3, 0.4) is 0 Å². The van der Waals surface area contributed by atoms with Crippen molar-refractivity contribution in [3.05, 3.63) is 46.7 Å². The fourth-order valence-electron chi connectivity index (χ4n) is 3.64.